The van der Waals surface area contributed by atoms with Gasteiger partial charge in [0, 0.05) is 0 Å². The van der Waals surface area contributed by atoms with Crippen molar-refractivity contribution in [3.05, 3.63) is 28.7 Å². The van der Waals surface area contributed by atoms with Crippen LogP contribution in [0.2, 0.25) is 0 Å². The Hall–Kier alpha value is 0.0900. The Morgan fingerprint density at radius 2 is 1.92 bits per heavy atom. The van der Waals surface area contributed by atoms with E-state index in [9.17, 15) is 8.78 Å². The fourth-order valence-corrected chi connectivity index (χ4v) is 1.26. The van der Waals surface area contributed by atoms with Gasteiger partial charge >= 0.3 is 4.12 Å². The van der Waals surface area contributed by atoms with Gasteiger partial charge < -0.3 is 4.74 Å². The molecule has 12 heavy (non-hydrogen) atoms. The van der Waals surface area contributed by atoms with Crippen LogP contribution in [0.4, 0.5) is 8.78 Å². The highest BCUT2D eigenvalue weighted by molar-refractivity contribution is 14.1. The zero-order valence-corrected chi connectivity index (χ0v) is 9.47. The lowest BCUT2D eigenvalue weighted by molar-refractivity contribution is -0.0696. The molecule has 0 aliphatic heterocycles. The summed E-state index contributed by atoms with van der Waals surface area (Å²) in [4.78, 5) is 0. The van der Waals surface area contributed by atoms with Crippen molar-refractivity contribution in [1.29, 1.82) is 0 Å². The standard InChI is InChI=1S/C7H4BrF2IO/c8-5-3-1-2-4-6(5)12-7(9,10)11/h1-4H. The van der Waals surface area contributed by atoms with Crippen LogP contribution in [0.1, 0.15) is 0 Å². The second-order valence-corrected chi connectivity index (χ2v) is 4.09. The van der Waals surface area contributed by atoms with Gasteiger partial charge in [-0.1, -0.05) is 12.1 Å². The van der Waals surface area contributed by atoms with Gasteiger partial charge in [0.05, 0.1) is 27.1 Å². The molecule has 0 aliphatic carbocycles. The Balaban J connectivity index is 2.83. The number of para-hydroxylation sites is 1. The van der Waals surface area contributed by atoms with Crippen molar-refractivity contribution in [2.75, 3.05) is 0 Å². The summed E-state index contributed by atoms with van der Waals surface area (Å²) < 4.78 is 26.4. The normalized spacial score (nSPS) is 11.3. The first-order valence-electron chi connectivity index (χ1n) is 2.99. The topological polar surface area (TPSA) is 9.23 Å². The molecule has 0 saturated carbocycles. The van der Waals surface area contributed by atoms with Gasteiger partial charge in [0.2, 0.25) is 0 Å². The number of halogens is 4. The molecule has 0 aromatic heterocycles. The third kappa shape index (κ3) is 3.22. The number of hydrogen-bond donors (Lipinski definition) is 0. The summed E-state index contributed by atoms with van der Waals surface area (Å²) in [6.07, 6.45) is 0. The molecule has 5 heteroatoms. The van der Waals surface area contributed by atoms with E-state index in [0.29, 0.717) is 4.47 Å². The third-order valence-corrected chi connectivity index (χ3v) is 1.94. The quantitative estimate of drug-likeness (QED) is 0.583. The van der Waals surface area contributed by atoms with E-state index in [1.165, 1.54) is 6.07 Å². The minimum Gasteiger partial charge on any atom is -0.424 e. The minimum absolute atomic E-state index is 0.136. The van der Waals surface area contributed by atoms with E-state index in [-0.39, 0.29) is 5.75 Å². The summed E-state index contributed by atoms with van der Waals surface area (Å²) in [5.74, 6) is 0.136. The van der Waals surface area contributed by atoms with E-state index in [4.69, 9.17) is 0 Å². The summed E-state index contributed by atoms with van der Waals surface area (Å²) in [5, 5.41) is 0. The predicted octanol–water partition coefficient (Wildman–Crippen LogP) is 3.81. The average Bonchev–Trinajstić information content (AvgIpc) is 1.91. The highest BCUT2D eigenvalue weighted by Crippen LogP contribution is 2.32. The Morgan fingerprint density at radius 1 is 1.33 bits per heavy atom. The third-order valence-electron chi connectivity index (χ3n) is 1.06. The second kappa shape index (κ2) is 3.87. The molecule has 0 radical (unpaired) electrons. The zero-order chi connectivity index (χ0) is 9.19. The molecule has 0 saturated heterocycles. The molecule has 0 spiro atoms. The monoisotopic (exact) mass is 348 g/mol. The van der Waals surface area contributed by atoms with Crippen LogP contribution in [0.3, 0.4) is 0 Å². The summed E-state index contributed by atoms with van der Waals surface area (Å²) in [6.45, 7) is 0. The smallest absolute Gasteiger partial charge is 0.424 e. The van der Waals surface area contributed by atoms with Gasteiger partial charge in [-0.25, -0.2) is 0 Å². The Kier molecular flexibility index (Phi) is 3.28. The Bertz CT molecular complexity index is 274. The molecule has 0 aliphatic rings. The largest absolute Gasteiger partial charge is 0.451 e. The van der Waals surface area contributed by atoms with Crippen molar-refractivity contribution in [2.45, 2.75) is 4.12 Å². The molecular weight excluding hydrogens is 345 g/mol. The lowest BCUT2D eigenvalue weighted by Gasteiger charge is -2.11. The highest BCUT2D eigenvalue weighted by atomic mass is 127. The molecule has 0 N–H and O–H groups in total. The molecule has 1 aromatic carbocycles. The van der Waals surface area contributed by atoms with E-state index in [0.717, 1.165) is 22.6 Å². The number of rotatable bonds is 2. The predicted molar refractivity (Wildman–Crippen MR) is 53.7 cm³/mol. The van der Waals surface area contributed by atoms with Gasteiger partial charge in [0.25, 0.3) is 0 Å². The lowest BCUT2D eigenvalue weighted by Crippen LogP contribution is -2.14. The number of ether oxygens (including phenoxy) is 1. The summed E-state index contributed by atoms with van der Waals surface area (Å²) in [6, 6.07) is 6.46. The molecule has 0 unspecified atom stereocenters. The maximum atomic E-state index is 12.3. The first-order chi connectivity index (χ1) is 5.49. The van der Waals surface area contributed by atoms with Crippen molar-refractivity contribution in [3.63, 3.8) is 0 Å². The molecule has 0 heterocycles. The van der Waals surface area contributed by atoms with Crippen LogP contribution in [0, 0.1) is 0 Å². The van der Waals surface area contributed by atoms with E-state index in [2.05, 4.69) is 20.7 Å². The first-order valence-corrected chi connectivity index (χ1v) is 4.86. The van der Waals surface area contributed by atoms with Gasteiger partial charge in [-0.3, -0.25) is 0 Å². The van der Waals surface area contributed by atoms with Gasteiger partial charge in [0.1, 0.15) is 5.75 Å². The first kappa shape index (κ1) is 10.2. The van der Waals surface area contributed by atoms with E-state index in [1.807, 2.05) is 0 Å². The Morgan fingerprint density at radius 3 is 2.42 bits per heavy atom. The van der Waals surface area contributed by atoms with Gasteiger partial charge in [-0.15, -0.1) is 0 Å². The number of hydrogen-bond acceptors (Lipinski definition) is 1. The van der Waals surface area contributed by atoms with Crippen molar-refractivity contribution in [1.82, 2.24) is 0 Å². The SMILES string of the molecule is FC(F)(I)Oc1ccccc1Br. The fourth-order valence-electron chi connectivity index (χ4n) is 0.652. The van der Waals surface area contributed by atoms with Crippen molar-refractivity contribution < 1.29 is 13.5 Å². The molecule has 0 amide bonds. The zero-order valence-electron chi connectivity index (χ0n) is 5.73. The van der Waals surface area contributed by atoms with Crippen LogP contribution < -0.4 is 4.74 Å². The van der Waals surface area contributed by atoms with E-state index < -0.39 is 4.12 Å². The summed E-state index contributed by atoms with van der Waals surface area (Å²) >= 11 is 4.01. The summed E-state index contributed by atoms with van der Waals surface area (Å²) in [7, 11) is 0. The van der Waals surface area contributed by atoms with Crippen LogP contribution >= 0.6 is 38.5 Å². The molecule has 1 rings (SSSR count). The van der Waals surface area contributed by atoms with E-state index >= 15 is 0 Å². The molecule has 1 aromatic rings. The lowest BCUT2D eigenvalue weighted by atomic mass is 10.3. The van der Waals surface area contributed by atoms with Gasteiger partial charge in [-0.05, 0) is 28.1 Å². The minimum atomic E-state index is -3.17. The van der Waals surface area contributed by atoms with Crippen LogP contribution in [0.15, 0.2) is 28.7 Å². The van der Waals surface area contributed by atoms with Crippen LogP contribution in [-0.4, -0.2) is 4.12 Å². The Labute approximate surface area is 90.4 Å². The second-order valence-electron chi connectivity index (χ2n) is 1.98. The average molecular weight is 349 g/mol. The van der Waals surface area contributed by atoms with Gasteiger partial charge in [0.15, 0.2) is 0 Å². The van der Waals surface area contributed by atoms with Crippen LogP contribution in [-0.2, 0) is 0 Å². The molecule has 66 valence electrons. The maximum absolute atomic E-state index is 12.3. The summed E-state index contributed by atoms with van der Waals surface area (Å²) in [5.41, 5.74) is 0. The maximum Gasteiger partial charge on any atom is 0.451 e. The number of alkyl halides is 3. The van der Waals surface area contributed by atoms with Crippen molar-refractivity contribution in [3.8, 4) is 5.75 Å². The highest BCUT2D eigenvalue weighted by Gasteiger charge is 2.26. The number of benzene rings is 1. The molecule has 0 atom stereocenters. The molecule has 0 fully saturated rings. The molecule has 0 bridgehead atoms. The molecular formula is C7H4BrF2IO. The molecule has 1 nitrogen and oxygen atoms in total. The van der Waals surface area contributed by atoms with Crippen LogP contribution in [0.5, 0.6) is 5.75 Å². The van der Waals surface area contributed by atoms with Gasteiger partial charge in [-0.2, -0.15) is 8.78 Å². The van der Waals surface area contributed by atoms with Crippen molar-refractivity contribution in [2.24, 2.45) is 0 Å². The van der Waals surface area contributed by atoms with E-state index in [1.54, 1.807) is 18.2 Å². The van der Waals surface area contributed by atoms with Crippen LogP contribution in [0.25, 0.3) is 0 Å². The van der Waals surface area contributed by atoms with Crippen molar-refractivity contribution >= 4 is 38.5 Å². The fraction of sp³-hybridized carbons (Fsp3) is 0.143.